The predicted molar refractivity (Wildman–Crippen MR) is 310 cm³/mol. The average Bonchev–Trinajstić information content (AvgIpc) is 3.44. The normalized spacial score (nSPS) is 11.2. The largest absolute Gasteiger partial charge is 0.310 e. The summed E-state index contributed by atoms with van der Waals surface area (Å²) in [5.74, 6) is 0. The van der Waals surface area contributed by atoms with Gasteiger partial charge in [-0.2, -0.15) is 10.5 Å². The molecule has 0 saturated carbocycles. The van der Waals surface area contributed by atoms with Gasteiger partial charge in [0.1, 0.15) is 0 Å². The molecule has 0 amide bonds. The lowest BCUT2D eigenvalue weighted by atomic mass is 9.91. The van der Waals surface area contributed by atoms with Gasteiger partial charge in [0.2, 0.25) is 0 Å². The summed E-state index contributed by atoms with van der Waals surface area (Å²) in [6, 6.07) is 87.3. The van der Waals surface area contributed by atoms with Crippen LogP contribution < -0.4 is 9.80 Å². The van der Waals surface area contributed by atoms with Gasteiger partial charge in [-0.1, -0.05) is 156 Å². The first-order valence-electron chi connectivity index (χ1n) is 25.1. The second-order valence-electron chi connectivity index (χ2n) is 19.6. The van der Waals surface area contributed by atoms with Crippen LogP contribution in [-0.2, 0) is 0 Å². The second-order valence-corrected chi connectivity index (χ2v) is 19.6. The molecule has 0 bridgehead atoms. The molecule has 0 aliphatic heterocycles. The Balaban J connectivity index is 1.11. The molecule has 12 aromatic rings. The van der Waals surface area contributed by atoms with Gasteiger partial charge in [-0.05, 0) is 191 Å². The summed E-state index contributed by atoms with van der Waals surface area (Å²) < 4.78 is 0. The summed E-state index contributed by atoms with van der Waals surface area (Å²) in [6.45, 7) is 8.57. The number of aryl methyl sites for hydroxylation is 4. The number of hydrogen-bond acceptors (Lipinski definition) is 4. The van der Waals surface area contributed by atoms with Crippen LogP contribution in [0, 0.1) is 50.4 Å². The molecule has 0 saturated heterocycles. The van der Waals surface area contributed by atoms with Gasteiger partial charge < -0.3 is 9.80 Å². The summed E-state index contributed by atoms with van der Waals surface area (Å²) in [4.78, 5) is 4.72. The molecule has 0 radical (unpaired) electrons. The minimum absolute atomic E-state index is 0.604. The Labute approximate surface area is 432 Å². The van der Waals surface area contributed by atoms with Crippen LogP contribution in [0.3, 0.4) is 0 Å². The van der Waals surface area contributed by atoms with Gasteiger partial charge in [0.05, 0.1) is 34.6 Å². The summed E-state index contributed by atoms with van der Waals surface area (Å²) in [7, 11) is 0. The standard InChI is InChI=1S/C70H50N4/c1-45-9-5-13-53(33-45)57-37-58(54-14-6-10-46(2)34-54)40-63(39-57)73(61-25-17-49(43-71)18-26-61)67-31-23-51-22-30-66-68(32-24-52-21-29-65(67)69(51)70(52)66)74(62-27-19-50(44-72)20-28-62)64-41-59(55-15-7-11-47(3)35-55)38-60(42-64)56-16-8-12-48(4)36-56/h5-42H,1-4H3. The van der Waals surface area contributed by atoms with E-state index in [-0.39, 0.29) is 0 Å². The Bertz CT molecular complexity index is 3810. The van der Waals surface area contributed by atoms with Crippen molar-refractivity contribution >= 4 is 66.4 Å². The maximum atomic E-state index is 9.97. The highest BCUT2D eigenvalue weighted by Gasteiger charge is 2.24. The van der Waals surface area contributed by atoms with Crippen LogP contribution >= 0.6 is 0 Å². The van der Waals surface area contributed by atoms with E-state index in [0.717, 1.165) is 100 Å². The first-order chi connectivity index (χ1) is 36.2. The minimum atomic E-state index is 0.604. The van der Waals surface area contributed by atoms with Crippen LogP contribution in [0.1, 0.15) is 33.4 Å². The van der Waals surface area contributed by atoms with Crippen molar-refractivity contribution in [1.29, 1.82) is 10.5 Å². The lowest BCUT2D eigenvalue weighted by Crippen LogP contribution is -2.12. The summed E-state index contributed by atoms with van der Waals surface area (Å²) in [5, 5.41) is 26.8. The SMILES string of the molecule is Cc1cccc(-c2cc(-c3cccc(C)c3)cc(N(c3ccc(C#N)cc3)c3ccc4ccc5c(N(c6ccc(C#N)cc6)c6cc(-c7cccc(C)c7)cc(-c7cccc(C)c7)c6)ccc6ccc3c4c65)c2)c1. The van der Waals surface area contributed by atoms with Gasteiger partial charge in [-0.25, -0.2) is 0 Å². The third-order valence-electron chi connectivity index (χ3n) is 14.4. The van der Waals surface area contributed by atoms with E-state index in [0.29, 0.717) is 11.1 Å². The van der Waals surface area contributed by atoms with Crippen molar-refractivity contribution in [2.75, 3.05) is 9.80 Å². The summed E-state index contributed by atoms with van der Waals surface area (Å²) in [5.41, 5.74) is 21.0. The highest BCUT2D eigenvalue weighted by atomic mass is 15.1. The molecule has 0 heterocycles. The van der Waals surface area contributed by atoms with Gasteiger partial charge in [0.25, 0.3) is 0 Å². The van der Waals surface area contributed by atoms with Crippen molar-refractivity contribution < 1.29 is 0 Å². The molecule has 4 heteroatoms. The van der Waals surface area contributed by atoms with E-state index in [1.165, 1.54) is 33.0 Å². The first kappa shape index (κ1) is 45.4. The minimum Gasteiger partial charge on any atom is -0.310 e. The molecule has 12 rings (SSSR count). The van der Waals surface area contributed by atoms with Crippen molar-refractivity contribution in [2.24, 2.45) is 0 Å². The van der Waals surface area contributed by atoms with E-state index in [4.69, 9.17) is 0 Å². The van der Waals surface area contributed by atoms with Crippen LogP contribution in [0.2, 0.25) is 0 Å². The second kappa shape index (κ2) is 18.8. The van der Waals surface area contributed by atoms with E-state index in [1.807, 2.05) is 24.3 Å². The lowest BCUT2D eigenvalue weighted by molar-refractivity contribution is 1.29. The van der Waals surface area contributed by atoms with E-state index in [1.54, 1.807) is 0 Å². The van der Waals surface area contributed by atoms with Crippen LogP contribution in [-0.4, -0.2) is 0 Å². The molecule has 0 aliphatic carbocycles. The van der Waals surface area contributed by atoms with Crippen molar-refractivity contribution in [1.82, 2.24) is 0 Å². The van der Waals surface area contributed by atoms with Gasteiger partial charge in [0.15, 0.2) is 0 Å². The molecule has 0 atom stereocenters. The number of nitrogens with zero attached hydrogens (tertiary/aromatic N) is 4. The smallest absolute Gasteiger partial charge is 0.0991 e. The molecule has 74 heavy (non-hydrogen) atoms. The van der Waals surface area contributed by atoms with Crippen molar-refractivity contribution in [2.45, 2.75) is 27.7 Å². The van der Waals surface area contributed by atoms with Crippen molar-refractivity contribution in [3.63, 3.8) is 0 Å². The summed E-state index contributed by atoms with van der Waals surface area (Å²) >= 11 is 0. The molecule has 12 aromatic carbocycles. The molecule has 0 N–H and O–H groups in total. The van der Waals surface area contributed by atoms with Crippen molar-refractivity contribution in [3.8, 4) is 56.6 Å². The Hall–Kier alpha value is -9.74. The maximum absolute atomic E-state index is 9.97. The third-order valence-corrected chi connectivity index (χ3v) is 14.4. The fourth-order valence-corrected chi connectivity index (χ4v) is 10.8. The molecule has 4 nitrogen and oxygen atoms in total. The molecular formula is C70H50N4. The van der Waals surface area contributed by atoms with Gasteiger partial charge >= 0.3 is 0 Å². The molecule has 0 unspecified atom stereocenters. The number of nitriles is 2. The zero-order chi connectivity index (χ0) is 50.5. The third kappa shape index (κ3) is 8.45. The van der Waals surface area contributed by atoms with Crippen LogP contribution in [0.15, 0.2) is 231 Å². The van der Waals surface area contributed by atoms with Gasteiger partial charge in [0, 0.05) is 33.5 Å². The lowest BCUT2D eigenvalue weighted by Gasteiger charge is -2.30. The fourth-order valence-electron chi connectivity index (χ4n) is 10.8. The Morgan fingerprint density at radius 3 is 0.892 bits per heavy atom. The number of rotatable bonds is 10. The molecule has 0 fully saturated rings. The Morgan fingerprint density at radius 2 is 0.595 bits per heavy atom. The number of anilines is 6. The number of hydrogen-bond donors (Lipinski definition) is 0. The topological polar surface area (TPSA) is 54.1 Å². The molecular weight excluding hydrogens is 897 g/mol. The fraction of sp³-hybridized carbons (Fsp3) is 0.0571. The maximum Gasteiger partial charge on any atom is 0.0991 e. The van der Waals surface area contributed by atoms with E-state index >= 15 is 0 Å². The highest BCUT2D eigenvalue weighted by Crippen LogP contribution is 2.49. The van der Waals surface area contributed by atoms with E-state index in [9.17, 15) is 10.5 Å². The number of benzene rings is 12. The van der Waals surface area contributed by atoms with Crippen molar-refractivity contribution in [3.05, 3.63) is 264 Å². The molecule has 350 valence electrons. The van der Waals surface area contributed by atoms with E-state index < -0.39 is 0 Å². The zero-order valence-electron chi connectivity index (χ0n) is 41.7. The summed E-state index contributed by atoms with van der Waals surface area (Å²) in [6.07, 6.45) is 0. The average molecular weight is 947 g/mol. The van der Waals surface area contributed by atoms with Gasteiger partial charge in [-0.15, -0.1) is 0 Å². The molecule has 0 aliphatic rings. The first-order valence-corrected chi connectivity index (χ1v) is 25.1. The Kier molecular flexibility index (Phi) is 11.5. The van der Waals surface area contributed by atoms with Gasteiger partial charge in [-0.3, -0.25) is 0 Å². The molecule has 0 aromatic heterocycles. The zero-order valence-corrected chi connectivity index (χ0v) is 41.7. The Morgan fingerprint density at radius 1 is 0.284 bits per heavy atom. The highest BCUT2D eigenvalue weighted by molar-refractivity contribution is 6.28. The van der Waals surface area contributed by atoms with Crippen LogP contribution in [0.5, 0.6) is 0 Å². The van der Waals surface area contributed by atoms with Crippen LogP contribution in [0.25, 0.3) is 76.8 Å². The quantitative estimate of drug-likeness (QED) is 0.128. The van der Waals surface area contributed by atoms with Crippen LogP contribution in [0.4, 0.5) is 34.1 Å². The molecule has 0 spiro atoms. The monoisotopic (exact) mass is 946 g/mol. The predicted octanol–water partition coefficient (Wildman–Crippen LogP) is 19.2. The van der Waals surface area contributed by atoms with E-state index in [2.05, 4.69) is 256 Å².